The van der Waals surface area contributed by atoms with Crippen LogP contribution in [-0.4, -0.2) is 0 Å². The van der Waals surface area contributed by atoms with Gasteiger partial charge in [0.1, 0.15) is 5.82 Å². The van der Waals surface area contributed by atoms with E-state index in [1.165, 1.54) is 0 Å². The molecule has 3 heteroatoms. The quantitative estimate of drug-likeness (QED) is 0.533. The van der Waals surface area contributed by atoms with Gasteiger partial charge in [0.15, 0.2) is 0 Å². The topological polar surface area (TPSA) is 78.1 Å². The van der Waals surface area contributed by atoms with Gasteiger partial charge in [-0.2, -0.15) is 0 Å². The third-order valence-electron chi connectivity index (χ3n) is 1.40. The zero-order valence-electron chi connectivity index (χ0n) is 6.12. The molecule has 1 rings (SSSR count). The second-order valence-corrected chi connectivity index (χ2v) is 2.24. The van der Waals surface area contributed by atoms with Crippen LogP contribution in [0.25, 0.3) is 5.70 Å². The predicted molar refractivity (Wildman–Crippen MR) is 45.9 cm³/mol. The van der Waals surface area contributed by atoms with Crippen molar-refractivity contribution in [1.82, 2.24) is 0 Å². The van der Waals surface area contributed by atoms with Crippen LogP contribution in [-0.2, 0) is 0 Å². The fourth-order valence-corrected chi connectivity index (χ4v) is 0.784. The summed E-state index contributed by atoms with van der Waals surface area (Å²) in [5.74, 6) is 0.163. The molecule has 1 aromatic carbocycles. The molecule has 0 fully saturated rings. The lowest BCUT2D eigenvalue weighted by molar-refractivity contribution is 1.23. The molecule has 11 heavy (non-hydrogen) atoms. The summed E-state index contributed by atoms with van der Waals surface area (Å²) < 4.78 is 0. The smallest absolute Gasteiger partial charge is 0.118 e. The first-order valence-electron chi connectivity index (χ1n) is 3.28. The van der Waals surface area contributed by atoms with Crippen LogP contribution in [0.1, 0.15) is 5.56 Å². The SMILES string of the molecule is NC(N)=C(N)c1ccccc1. The summed E-state index contributed by atoms with van der Waals surface area (Å²) in [4.78, 5) is 0. The van der Waals surface area contributed by atoms with E-state index in [-0.39, 0.29) is 5.82 Å². The van der Waals surface area contributed by atoms with Crippen molar-refractivity contribution >= 4 is 5.70 Å². The largest absolute Gasteiger partial charge is 0.395 e. The molecule has 58 valence electrons. The average molecular weight is 149 g/mol. The van der Waals surface area contributed by atoms with Crippen molar-refractivity contribution in [2.24, 2.45) is 17.2 Å². The van der Waals surface area contributed by atoms with Crippen molar-refractivity contribution in [2.75, 3.05) is 0 Å². The van der Waals surface area contributed by atoms with Gasteiger partial charge in [-0.3, -0.25) is 0 Å². The van der Waals surface area contributed by atoms with Crippen LogP contribution in [0, 0.1) is 0 Å². The molecule has 3 nitrogen and oxygen atoms in total. The van der Waals surface area contributed by atoms with Crippen molar-refractivity contribution in [3.8, 4) is 0 Å². The monoisotopic (exact) mass is 149 g/mol. The Morgan fingerprint density at radius 3 is 1.91 bits per heavy atom. The number of hydrogen-bond donors (Lipinski definition) is 3. The van der Waals surface area contributed by atoms with Crippen LogP contribution in [0.2, 0.25) is 0 Å². The Morgan fingerprint density at radius 2 is 1.45 bits per heavy atom. The van der Waals surface area contributed by atoms with E-state index in [1.807, 2.05) is 30.3 Å². The minimum Gasteiger partial charge on any atom is -0.395 e. The average Bonchev–Trinajstić information content (AvgIpc) is 2.05. The van der Waals surface area contributed by atoms with Crippen molar-refractivity contribution in [3.63, 3.8) is 0 Å². The summed E-state index contributed by atoms with van der Waals surface area (Å²) >= 11 is 0. The van der Waals surface area contributed by atoms with E-state index >= 15 is 0 Å². The maximum Gasteiger partial charge on any atom is 0.118 e. The molecule has 0 aliphatic carbocycles. The highest BCUT2D eigenvalue weighted by Gasteiger charge is 1.96. The Hall–Kier alpha value is -1.64. The van der Waals surface area contributed by atoms with E-state index in [0.717, 1.165) is 5.56 Å². The van der Waals surface area contributed by atoms with Gasteiger partial charge in [0, 0.05) is 5.56 Å². The highest BCUT2D eigenvalue weighted by molar-refractivity contribution is 5.64. The lowest BCUT2D eigenvalue weighted by Crippen LogP contribution is -2.15. The fraction of sp³-hybridized carbons (Fsp3) is 0. The van der Waals surface area contributed by atoms with Crippen LogP contribution in [0.4, 0.5) is 0 Å². The first kappa shape index (κ1) is 7.47. The van der Waals surface area contributed by atoms with E-state index in [0.29, 0.717) is 5.70 Å². The minimum absolute atomic E-state index is 0.163. The summed E-state index contributed by atoms with van der Waals surface area (Å²) in [5.41, 5.74) is 17.5. The summed E-state index contributed by atoms with van der Waals surface area (Å²) in [7, 11) is 0. The molecular formula is C8H11N3. The van der Waals surface area contributed by atoms with E-state index in [2.05, 4.69) is 0 Å². The molecule has 0 amide bonds. The number of nitrogens with two attached hydrogens (primary N) is 3. The minimum atomic E-state index is 0.163. The highest BCUT2D eigenvalue weighted by Crippen LogP contribution is 2.06. The predicted octanol–water partition coefficient (Wildman–Crippen LogP) is 0.189. The van der Waals surface area contributed by atoms with E-state index in [9.17, 15) is 0 Å². The molecule has 0 heterocycles. The summed E-state index contributed by atoms with van der Waals surface area (Å²) in [6.45, 7) is 0. The van der Waals surface area contributed by atoms with Crippen LogP contribution < -0.4 is 17.2 Å². The zero-order valence-corrected chi connectivity index (χ0v) is 6.12. The number of benzene rings is 1. The van der Waals surface area contributed by atoms with Gasteiger partial charge < -0.3 is 17.2 Å². The maximum absolute atomic E-state index is 5.57. The van der Waals surface area contributed by atoms with Gasteiger partial charge in [-0.25, -0.2) is 0 Å². The molecule has 0 unspecified atom stereocenters. The van der Waals surface area contributed by atoms with Gasteiger partial charge in [0.25, 0.3) is 0 Å². The van der Waals surface area contributed by atoms with Crippen LogP contribution in [0.15, 0.2) is 36.2 Å². The Bertz CT molecular complexity index is 260. The number of hydrogen-bond acceptors (Lipinski definition) is 3. The molecule has 0 bridgehead atoms. The second kappa shape index (κ2) is 2.96. The van der Waals surface area contributed by atoms with Gasteiger partial charge >= 0.3 is 0 Å². The standard InChI is InChI=1S/C8H11N3/c9-7(8(10)11)6-4-2-1-3-5-6/h1-5H,9-11H2. The van der Waals surface area contributed by atoms with Gasteiger partial charge in [-0.1, -0.05) is 30.3 Å². The second-order valence-electron chi connectivity index (χ2n) is 2.24. The number of rotatable bonds is 1. The molecule has 0 aromatic heterocycles. The van der Waals surface area contributed by atoms with Gasteiger partial charge in [0.2, 0.25) is 0 Å². The molecule has 0 atom stereocenters. The molecule has 1 aromatic rings. The molecule has 0 saturated heterocycles. The van der Waals surface area contributed by atoms with E-state index in [4.69, 9.17) is 17.2 Å². The van der Waals surface area contributed by atoms with Crippen LogP contribution in [0.5, 0.6) is 0 Å². The van der Waals surface area contributed by atoms with E-state index < -0.39 is 0 Å². The molecule has 0 aliphatic rings. The summed E-state index contributed by atoms with van der Waals surface area (Å²) in [6.07, 6.45) is 0. The Balaban J connectivity index is 3.04. The zero-order chi connectivity index (χ0) is 8.27. The third-order valence-corrected chi connectivity index (χ3v) is 1.40. The van der Waals surface area contributed by atoms with Crippen LogP contribution in [0.3, 0.4) is 0 Å². The first-order valence-corrected chi connectivity index (χ1v) is 3.28. The molecule has 0 radical (unpaired) electrons. The lowest BCUT2D eigenvalue weighted by Gasteiger charge is -2.01. The molecule has 0 saturated carbocycles. The van der Waals surface area contributed by atoms with Gasteiger partial charge in [0.05, 0.1) is 5.70 Å². The summed E-state index contributed by atoms with van der Waals surface area (Å²) in [6, 6.07) is 9.38. The van der Waals surface area contributed by atoms with Crippen molar-refractivity contribution in [1.29, 1.82) is 0 Å². The van der Waals surface area contributed by atoms with Gasteiger partial charge in [-0.15, -0.1) is 0 Å². The Kier molecular flexibility index (Phi) is 2.01. The van der Waals surface area contributed by atoms with Gasteiger partial charge in [-0.05, 0) is 0 Å². The Labute approximate surface area is 65.5 Å². The van der Waals surface area contributed by atoms with Crippen molar-refractivity contribution in [2.45, 2.75) is 0 Å². The maximum atomic E-state index is 5.57. The summed E-state index contributed by atoms with van der Waals surface area (Å²) in [5, 5.41) is 0. The molecule has 6 N–H and O–H groups in total. The van der Waals surface area contributed by atoms with Crippen LogP contribution >= 0.6 is 0 Å². The normalized spacial score (nSPS) is 9.09. The van der Waals surface area contributed by atoms with Crippen molar-refractivity contribution in [3.05, 3.63) is 41.7 Å². The van der Waals surface area contributed by atoms with E-state index in [1.54, 1.807) is 0 Å². The van der Waals surface area contributed by atoms with Crippen molar-refractivity contribution < 1.29 is 0 Å². The Morgan fingerprint density at radius 1 is 0.909 bits per heavy atom. The molecule has 0 aliphatic heterocycles. The lowest BCUT2D eigenvalue weighted by atomic mass is 10.2. The fourth-order valence-electron chi connectivity index (χ4n) is 0.784. The molecular weight excluding hydrogens is 138 g/mol. The molecule has 0 spiro atoms. The third kappa shape index (κ3) is 1.64. The first-order chi connectivity index (χ1) is 5.22. The highest BCUT2D eigenvalue weighted by atomic mass is 14.8.